The first-order valence-corrected chi connectivity index (χ1v) is 10.2. The van der Waals surface area contributed by atoms with Crippen LogP contribution in [0.25, 0.3) is 17.0 Å². The van der Waals surface area contributed by atoms with Crippen LogP contribution in [0.4, 0.5) is 0 Å². The number of fused-ring (bicyclic) bond motifs is 1. The standard InChI is InChI=1S/C23H25N5O2/c1-18(28-23(30)20-11-5-6-12-21(20)24-25-28)22(29)27-16-14-26(15-17-27)13-7-10-19-8-3-2-4-9-19/h2-12,18H,13-17H2,1H3/b10-7+/t18-/m0/s1. The lowest BCUT2D eigenvalue weighted by atomic mass is 10.2. The van der Waals surface area contributed by atoms with Crippen molar-refractivity contribution < 1.29 is 4.79 Å². The molecule has 0 unspecified atom stereocenters. The fourth-order valence-electron chi connectivity index (χ4n) is 3.68. The number of nitrogens with zero attached hydrogens (tertiary/aromatic N) is 5. The van der Waals surface area contributed by atoms with Crippen LogP contribution < -0.4 is 5.56 Å². The minimum Gasteiger partial charge on any atom is -0.338 e. The van der Waals surface area contributed by atoms with Crippen molar-refractivity contribution in [2.75, 3.05) is 32.7 Å². The molecule has 0 aliphatic carbocycles. The van der Waals surface area contributed by atoms with Crippen LogP contribution in [0.2, 0.25) is 0 Å². The van der Waals surface area contributed by atoms with Crippen LogP contribution in [0.3, 0.4) is 0 Å². The van der Waals surface area contributed by atoms with E-state index in [9.17, 15) is 9.59 Å². The van der Waals surface area contributed by atoms with Gasteiger partial charge in [0.1, 0.15) is 11.6 Å². The normalized spacial score (nSPS) is 16.2. The Balaban J connectivity index is 1.35. The van der Waals surface area contributed by atoms with Crippen LogP contribution in [0, 0.1) is 0 Å². The number of hydrogen-bond donors (Lipinski definition) is 0. The second-order valence-electron chi connectivity index (χ2n) is 7.47. The van der Waals surface area contributed by atoms with Gasteiger partial charge in [-0.1, -0.05) is 59.8 Å². The molecule has 1 fully saturated rings. The van der Waals surface area contributed by atoms with Gasteiger partial charge in [-0.15, -0.1) is 5.10 Å². The van der Waals surface area contributed by atoms with E-state index >= 15 is 0 Å². The lowest BCUT2D eigenvalue weighted by Crippen LogP contribution is -2.51. The number of aromatic nitrogens is 3. The van der Waals surface area contributed by atoms with E-state index in [1.54, 1.807) is 25.1 Å². The fraction of sp³-hybridized carbons (Fsp3) is 0.304. The summed E-state index contributed by atoms with van der Waals surface area (Å²) in [7, 11) is 0. The van der Waals surface area contributed by atoms with E-state index in [0.29, 0.717) is 24.0 Å². The van der Waals surface area contributed by atoms with Crippen molar-refractivity contribution in [3.8, 4) is 0 Å². The van der Waals surface area contributed by atoms with Crippen molar-refractivity contribution in [1.82, 2.24) is 24.8 Å². The van der Waals surface area contributed by atoms with Gasteiger partial charge in [-0.3, -0.25) is 14.5 Å². The van der Waals surface area contributed by atoms with E-state index in [2.05, 4.69) is 39.5 Å². The number of piperazine rings is 1. The van der Waals surface area contributed by atoms with E-state index in [4.69, 9.17) is 0 Å². The minimum absolute atomic E-state index is 0.0961. The van der Waals surface area contributed by atoms with E-state index in [0.717, 1.165) is 19.6 Å². The first-order chi connectivity index (χ1) is 14.6. The third kappa shape index (κ3) is 4.31. The Morgan fingerprint density at radius 3 is 2.50 bits per heavy atom. The predicted molar refractivity (Wildman–Crippen MR) is 117 cm³/mol. The van der Waals surface area contributed by atoms with Gasteiger partial charge in [-0.2, -0.15) is 4.68 Å². The predicted octanol–water partition coefficient (Wildman–Crippen LogP) is 2.21. The smallest absolute Gasteiger partial charge is 0.278 e. The Morgan fingerprint density at radius 1 is 1.03 bits per heavy atom. The zero-order chi connectivity index (χ0) is 20.9. The Bertz CT molecular complexity index is 1100. The molecule has 3 aromatic rings. The van der Waals surface area contributed by atoms with Gasteiger partial charge >= 0.3 is 0 Å². The van der Waals surface area contributed by atoms with Gasteiger partial charge in [0.2, 0.25) is 5.91 Å². The molecule has 0 N–H and O–H groups in total. The number of amides is 1. The van der Waals surface area contributed by atoms with E-state index in [1.165, 1.54) is 10.2 Å². The summed E-state index contributed by atoms with van der Waals surface area (Å²) < 4.78 is 1.19. The van der Waals surface area contributed by atoms with Crippen LogP contribution in [0.5, 0.6) is 0 Å². The van der Waals surface area contributed by atoms with Crippen LogP contribution in [-0.4, -0.2) is 63.4 Å². The molecule has 30 heavy (non-hydrogen) atoms. The molecule has 154 valence electrons. The van der Waals surface area contributed by atoms with Crippen LogP contribution in [-0.2, 0) is 4.79 Å². The molecule has 1 aromatic heterocycles. The molecule has 1 aliphatic rings. The largest absolute Gasteiger partial charge is 0.338 e. The lowest BCUT2D eigenvalue weighted by Gasteiger charge is -2.35. The average molecular weight is 403 g/mol. The number of rotatable bonds is 5. The quantitative estimate of drug-likeness (QED) is 0.653. The first-order valence-electron chi connectivity index (χ1n) is 10.2. The Labute approximate surface area is 175 Å². The zero-order valence-electron chi connectivity index (χ0n) is 17.0. The summed E-state index contributed by atoms with van der Waals surface area (Å²) in [6, 6.07) is 16.6. The molecule has 2 heterocycles. The highest BCUT2D eigenvalue weighted by Crippen LogP contribution is 2.12. The van der Waals surface area contributed by atoms with E-state index in [1.807, 2.05) is 29.2 Å². The first kappa shape index (κ1) is 20.0. The molecule has 0 spiro atoms. The van der Waals surface area contributed by atoms with E-state index in [-0.39, 0.29) is 11.5 Å². The zero-order valence-corrected chi connectivity index (χ0v) is 17.0. The third-order valence-electron chi connectivity index (χ3n) is 5.47. The fourth-order valence-corrected chi connectivity index (χ4v) is 3.68. The Kier molecular flexibility index (Phi) is 5.99. The summed E-state index contributed by atoms with van der Waals surface area (Å²) in [5, 5.41) is 8.56. The third-order valence-corrected chi connectivity index (χ3v) is 5.47. The molecule has 2 aromatic carbocycles. The van der Waals surface area contributed by atoms with Crippen LogP contribution in [0.15, 0.2) is 65.5 Å². The van der Waals surface area contributed by atoms with Gasteiger partial charge in [0, 0.05) is 32.7 Å². The highest BCUT2D eigenvalue weighted by Gasteiger charge is 2.27. The van der Waals surface area contributed by atoms with E-state index < -0.39 is 6.04 Å². The monoisotopic (exact) mass is 403 g/mol. The van der Waals surface area contributed by atoms with Crippen LogP contribution in [0.1, 0.15) is 18.5 Å². The van der Waals surface area contributed by atoms with Crippen molar-refractivity contribution in [3.63, 3.8) is 0 Å². The second kappa shape index (κ2) is 9.00. The maximum Gasteiger partial charge on any atom is 0.278 e. The summed E-state index contributed by atoms with van der Waals surface area (Å²) >= 11 is 0. The summed E-state index contributed by atoms with van der Waals surface area (Å²) in [4.78, 5) is 29.8. The van der Waals surface area contributed by atoms with Gasteiger partial charge in [0.15, 0.2) is 0 Å². The summed E-state index contributed by atoms with van der Waals surface area (Å²) in [5.41, 5.74) is 1.43. The maximum absolute atomic E-state index is 13.0. The lowest BCUT2D eigenvalue weighted by molar-refractivity contribution is -0.136. The molecule has 7 heteroatoms. The van der Waals surface area contributed by atoms with Crippen molar-refractivity contribution in [1.29, 1.82) is 0 Å². The topological polar surface area (TPSA) is 71.3 Å². The highest BCUT2D eigenvalue weighted by atomic mass is 16.2. The minimum atomic E-state index is -0.681. The van der Waals surface area contributed by atoms with Gasteiger partial charge in [0.05, 0.1) is 5.39 Å². The molecule has 0 bridgehead atoms. The Morgan fingerprint density at radius 2 is 1.73 bits per heavy atom. The van der Waals surface area contributed by atoms with Crippen molar-refractivity contribution >= 4 is 22.9 Å². The molecular formula is C23H25N5O2. The summed E-state index contributed by atoms with van der Waals surface area (Å²) in [6.07, 6.45) is 4.27. The molecule has 1 saturated heterocycles. The molecule has 1 amide bonds. The van der Waals surface area contributed by atoms with Gasteiger partial charge in [-0.05, 0) is 24.6 Å². The second-order valence-corrected chi connectivity index (χ2v) is 7.47. The number of carbonyl (C=O) groups is 1. The van der Waals surface area contributed by atoms with Crippen molar-refractivity contribution in [3.05, 3.63) is 76.6 Å². The molecule has 0 saturated carbocycles. The Hall–Kier alpha value is -3.32. The SMILES string of the molecule is C[C@@H](C(=O)N1CCN(C/C=C/c2ccccc2)CC1)n1nnc2ccccc2c1=O. The van der Waals surface area contributed by atoms with Crippen molar-refractivity contribution in [2.24, 2.45) is 0 Å². The summed E-state index contributed by atoms with van der Waals surface area (Å²) in [6.45, 7) is 5.44. The highest BCUT2D eigenvalue weighted by molar-refractivity contribution is 5.81. The average Bonchev–Trinajstić information content (AvgIpc) is 2.80. The van der Waals surface area contributed by atoms with Crippen LogP contribution >= 0.6 is 0 Å². The number of carbonyl (C=O) groups excluding carboxylic acids is 1. The molecular weight excluding hydrogens is 378 g/mol. The van der Waals surface area contributed by atoms with Gasteiger partial charge < -0.3 is 4.90 Å². The van der Waals surface area contributed by atoms with Crippen molar-refractivity contribution in [2.45, 2.75) is 13.0 Å². The summed E-state index contributed by atoms with van der Waals surface area (Å²) in [5.74, 6) is -0.0961. The molecule has 1 aliphatic heterocycles. The maximum atomic E-state index is 13.0. The van der Waals surface area contributed by atoms with Gasteiger partial charge in [-0.25, -0.2) is 0 Å². The molecule has 1 atom stereocenters. The molecule has 4 rings (SSSR count). The van der Waals surface area contributed by atoms with Gasteiger partial charge in [0.25, 0.3) is 5.56 Å². The number of benzene rings is 2. The number of hydrogen-bond acceptors (Lipinski definition) is 5. The molecule has 7 nitrogen and oxygen atoms in total. The molecule has 0 radical (unpaired) electrons.